The molecule has 2 rings (SSSR count). The zero-order valence-corrected chi connectivity index (χ0v) is 9.74. The maximum atomic E-state index is 11.7. The molecule has 1 amide bonds. The number of carboxylic acid groups (broad SMARTS) is 1. The minimum Gasteiger partial charge on any atom is -0.477 e. The summed E-state index contributed by atoms with van der Waals surface area (Å²) in [6.07, 6.45) is 2.88. The number of rotatable bonds is 5. The van der Waals surface area contributed by atoms with Crippen LogP contribution in [0, 0.1) is 0 Å². The minimum atomic E-state index is -1.14. The van der Waals surface area contributed by atoms with Crippen molar-refractivity contribution in [2.75, 3.05) is 6.54 Å². The van der Waals surface area contributed by atoms with Crippen molar-refractivity contribution in [2.45, 2.75) is 6.42 Å². The second-order valence-corrected chi connectivity index (χ2v) is 3.59. The topological polar surface area (TPSA) is 118 Å². The van der Waals surface area contributed by atoms with Crippen molar-refractivity contribution in [3.63, 3.8) is 0 Å². The van der Waals surface area contributed by atoms with E-state index >= 15 is 0 Å². The van der Waals surface area contributed by atoms with Crippen LogP contribution in [0.2, 0.25) is 0 Å². The van der Waals surface area contributed by atoms with E-state index in [1.807, 2.05) is 0 Å². The molecule has 0 radical (unpaired) electrons. The molecule has 8 heteroatoms. The van der Waals surface area contributed by atoms with Gasteiger partial charge in [-0.25, -0.2) is 9.78 Å². The Morgan fingerprint density at radius 1 is 1.32 bits per heavy atom. The lowest BCUT2D eigenvalue weighted by Gasteiger charge is -2.03. The zero-order chi connectivity index (χ0) is 13.7. The number of nitrogens with zero attached hydrogens (tertiary/aromatic N) is 3. The monoisotopic (exact) mass is 262 g/mol. The van der Waals surface area contributed by atoms with Crippen LogP contribution in [0.4, 0.5) is 0 Å². The smallest absolute Gasteiger partial charge is 0.354 e. The molecular formula is C11H10N4O4. The van der Waals surface area contributed by atoms with Gasteiger partial charge in [-0.15, -0.1) is 0 Å². The fraction of sp³-hybridized carbons (Fsp3) is 0.182. The molecule has 0 aliphatic heterocycles. The summed E-state index contributed by atoms with van der Waals surface area (Å²) in [6, 6.07) is 2.68. The quantitative estimate of drug-likeness (QED) is 0.786. The number of pyridine rings is 1. The first kappa shape index (κ1) is 12.7. The average molecular weight is 262 g/mol. The van der Waals surface area contributed by atoms with Crippen LogP contribution < -0.4 is 5.32 Å². The van der Waals surface area contributed by atoms with E-state index in [1.165, 1.54) is 24.7 Å². The summed E-state index contributed by atoms with van der Waals surface area (Å²) in [5, 5.41) is 14.9. The van der Waals surface area contributed by atoms with Gasteiger partial charge in [-0.2, -0.15) is 4.98 Å². The van der Waals surface area contributed by atoms with Crippen LogP contribution in [-0.2, 0) is 6.42 Å². The highest BCUT2D eigenvalue weighted by molar-refractivity contribution is 5.94. The van der Waals surface area contributed by atoms with Gasteiger partial charge < -0.3 is 14.9 Å². The standard InChI is InChI=1S/C11H10N4O4/c16-10(12-4-3-9-14-6-19-15-9)7-1-2-8(11(17)18)13-5-7/h1-2,5-6H,3-4H2,(H,12,16)(H,17,18). The lowest BCUT2D eigenvalue weighted by Crippen LogP contribution is -2.26. The normalized spacial score (nSPS) is 10.1. The van der Waals surface area contributed by atoms with E-state index in [0.717, 1.165) is 0 Å². The summed E-state index contributed by atoms with van der Waals surface area (Å²) in [4.78, 5) is 29.8. The summed E-state index contributed by atoms with van der Waals surface area (Å²) in [7, 11) is 0. The van der Waals surface area contributed by atoms with E-state index in [4.69, 9.17) is 5.11 Å². The molecule has 8 nitrogen and oxygen atoms in total. The van der Waals surface area contributed by atoms with Gasteiger partial charge in [0.1, 0.15) is 5.69 Å². The predicted octanol–water partition coefficient (Wildman–Crippen LogP) is 0.135. The highest BCUT2D eigenvalue weighted by Gasteiger charge is 2.09. The van der Waals surface area contributed by atoms with Crippen molar-refractivity contribution in [1.29, 1.82) is 0 Å². The third-order valence-corrected chi connectivity index (χ3v) is 2.29. The summed E-state index contributed by atoms with van der Waals surface area (Å²) in [5.41, 5.74) is 0.182. The van der Waals surface area contributed by atoms with Crippen molar-refractivity contribution < 1.29 is 19.2 Å². The van der Waals surface area contributed by atoms with E-state index in [1.54, 1.807) is 0 Å². The van der Waals surface area contributed by atoms with Gasteiger partial charge in [-0.3, -0.25) is 4.79 Å². The van der Waals surface area contributed by atoms with Crippen LogP contribution in [0.5, 0.6) is 0 Å². The number of amides is 1. The Morgan fingerprint density at radius 3 is 2.74 bits per heavy atom. The van der Waals surface area contributed by atoms with Gasteiger partial charge in [0.15, 0.2) is 5.82 Å². The second kappa shape index (κ2) is 5.71. The van der Waals surface area contributed by atoms with Gasteiger partial charge in [-0.05, 0) is 12.1 Å². The van der Waals surface area contributed by atoms with E-state index < -0.39 is 5.97 Å². The van der Waals surface area contributed by atoms with Crippen molar-refractivity contribution in [1.82, 2.24) is 20.4 Å². The van der Waals surface area contributed by atoms with Gasteiger partial charge in [0.2, 0.25) is 6.39 Å². The Balaban J connectivity index is 1.87. The van der Waals surface area contributed by atoms with E-state index in [0.29, 0.717) is 18.8 Å². The highest BCUT2D eigenvalue weighted by Crippen LogP contribution is 2.00. The van der Waals surface area contributed by atoms with Gasteiger partial charge in [0.25, 0.3) is 5.91 Å². The van der Waals surface area contributed by atoms with Gasteiger partial charge >= 0.3 is 5.97 Å². The first-order chi connectivity index (χ1) is 9.16. The van der Waals surface area contributed by atoms with Crippen LogP contribution in [0.15, 0.2) is 29.2 Å². The Morgan fingerprint density at radius 2 is 2.16 bits per heavy atom. The SMILES string of the molecule is O=C(NCCc1ncon1)c1ccc(C(=O)O)nc1. The molecule has 0 aliphatic rings. The first-order valence-electron chi connectivity index (χ1n) is 5.39. The molecule has 2 N–H and O–H groups in total. The number of carboxylic acids is 1. The van der Waals surface area contributed by atoms with Crippen LogP contribution in [0.3, 0.4) is 0 Å². The maximum Gasteiger partial charge on any atom is 0.354 e. The van der Waals surface area contributed by atoms with Crippen molar-refractivity contribution in [3.8, 4) is 0 Å². The van der Waals surface area contributed by atoms with Gasteiger partial charge in [0, 0.05) is 19.2 Å². The lowest BCUT2D eigenvalue weighted by atomic mass is 10.2. The minimum absolute atomic E-state index is 0.108. The zero-order valence-electron chi connectivity index (χ0n) is 9.74. The average Bonchev–Trinajstić information content (AvgIpc) is 2.92. The fourth-order valence-corrected chi connectivity index (χ4v) is 1.35. The number of nitrogens with one attached hydrogen (secondary N) is 1. The van der Waals surface area contributed by atoms with E-state index in [2.05, 4.69) is 25.0 Å². The Hall–Kier alpha value is -2.77. The molecule has 2 heterocycles. The molecule has 2 aromatic heterocycles. The molecule has 0 saturated heterocycles. The molecule has 0 aromatic carbocycles. The van der Waals surface area contributed by atoms with Crippen molar-refractivity contribution in [2.24, 2.45) is 0 Å². The number of aromatic carboxylic acids is 1. The molecule has 0 saturated carbocycles. The van der Waals surface area contributed by atoms with Crippen LogP contribution in [-0.4, -0.2) is 38.7 Å². The highest BCUT2D eigenvalue weighted by atomic mass is 16.5. The van der Waals surface area contributed by atoms with Crippen molar-refractivity contribution in [3.05, 3.63) is 41.8 Å². The summed E-state index contributed by atoms with van der Waals surface area (Å²) < 4.78 is 4.55. The molecular weight excluding hydrogens is 252 g/mol. The molecule has 0 fully saturated rings. The number of hydrogen-bond acceptors (Lipinski definition) is 6. The van der Waals surface area contributed by atoms with Gasteiger partial charge in [0.05, 0.1) is 5.56 Å². The van der Waals surface area contributed by atoms with E-state index in [-0.39, 0.29) is 17.2 Å². The summed E-state index contributed by atoms with van der Waals surface area (Å²) in [6.45, 7) is 0.346. The van der Waals surface area contributed by atoms with Crippen LogP contribution in [0.1, 0.15) is 26.7 Å². The molecule has 0 atom stereocenters. The maximum absolute atomic E-state index is 11.7. The lowest BCUT2D eigenvalue weighted by molar-refractivity contribution is 0.0689. The third kappa shape index (κ3) is 3.35. The van der Waals surface area contributed by atoms with Crippen LogP contribution >= 0.6 is 0 Å². The molecule has 19 heavy (non-hydrogen) atoms. The second-order valence-electron chi connectivity index (χ2n) is 3.59. The molecule has 0 unspecified atom stereocenters. The van der Waals surface area contributed by atoms with Crippen LogP contribution in [0.25, 0.3) is 0 Å². The number of carbonyl (C=O) groups excluding carboxylic acids is 1. The number of carbonyl (C=O) groups is 2. The fourth-order valence-electron chi connectivity index (χ4n) is 1.35. The molecule has 0 bridgehead atoms. The molecule has 0 aliphatic carbocycles. The molecule has 0 spiro atoms. The largest absolute Gasteiger partial charge is 0.477 e. The molecule has 2 aromatic rings. The Bertz CT molecular complexity index is 565. The first-order valence-corrected chi connectivity index (χ1v) is 5.39. The number of hydrogen-bond donors (Lipinski definition) is 2. The third-order valence-electron chi connectivity index (χ3n) is 2.29. The van der Waals surface area contributed by atoms with E-state index in [9.17, 15) is 9.59 Å². The van der Waals surface area contributed by atoms with Gasteiger partial charge in [-0.1, -0.05) is 5.16 Å². The molecule has 98 valence electrons. The van der Waals surface area contributed by atoms with Crippen molar-refractivity contribution >= 4 is 11.9 Å². The summed E-state index contributed by atoms with van der Waals surface area (Å²) in [5.74, 6) is -0.975. The predicted molar refractivity (Wildman–Crippen MR) is 61.5 cm³/mol. The number of aromatic nitrogens is 3. The summed E-state index contributed by atoms with van der Waals surface area (Å²) >= 11 is 0. The Kier molecular flexibility index (Phi) is 3.81. The Labute approximate surface area is 107 Å².